The van der Waals surface area contributed by atoms with Gasteiger partial charge in [0.25, 0.3) is 0 Å². The topological polar surface area (TPSA) is 16.1 Å². The lowest BCUT2D eigenvalue weighted by atomic mass is 10.4. The van der Waals surface area contributed by atoms with Crippen LogP contribution in [-0.4, -0.2) is 19.1 Å². The van der Waals surface area contributed by atoms with Crippen molar-refractivity contribution in [3.05, 3.63) is 23.2 Å². The van der Waals surface area contributed by atoms with E-state index in [1.54, 1.807) is 25.1 Å². The van der Waals surface area contributed by atoms with Crippen LogP contribution in [0.25, 0.3) is 0 Å². The molecule has 0 saturated carbocycles. The zero-order chi connectivity index (χ0) is 8.43. The molecule has 0 fully saturated rings. The lowest BCUT2D eigenvalue weighted by Gasteiger charge is -2.12. The third-order valence-corrected chi connectivity index (χ3v) is 1.57. The summed E-state index contributed by atoms with van der Waals surface area (Å²) in [6.45, 7) is 0. The van der Waals surface area contributed by atoms with E-state index in [4.69, 9.17) is 11.6 Å². The SMILES string of the molecule is CN(C)c1ccnc(Cl)c1F. The van der Waals surface area contributed by atoms with Crippen molar-refractivity contribution in [3.8, 4) is 0 Å². The molecule has 0 atom stereocenters. The van der Waals surface area contributed by atoms with E-state index in [2.05, 4.69) is 4.98 Å². The van der Waals surface area contributed by atoms with Gasteiger partial charge in [-0.25, -0.2) is 9.37 Å². The van der Waals surface area contributed by atoms with Gasteiger partial charge >= 0.3 is 0 Å². The van der Waals surface area contributed by atoms with Gasteiger partial charge in [-0.3, -0.25) is 0 Å². The van der Waals surface area contributed by atoms with Crippen LogP contribution in [0.1, 0.15) is 0 Å². The molecule has 0 unspecified atom stereocenters. The number of anilines is 1. The number of aromatic nitrogens is 1. The lowest BCUT2D eigenvalue weighted by molar-refractivity contribution is 0.620. The Morgan fingerprint density at radius 1 is 1.55 bits per heavy atom. The third-order valence-electron chi connectivity index (χ3n) is 1.31. The summed E-state index contributed by atoms with van der Waals surface area (Å²) < 4.78 is 13.0. The fourth-order valence-corrected chi connectivity index (χ4v) is 0.907. The first kappa shape index (κ1) is 8.27. The van der Waals surface area contributed by atoms with Crippen LogP contribution in [0.2, 0.25) is 5.15 Å². The monoisotopic (exact) mass is 174 g/mol. The molecule has 0 bridgehead atoms. The molecule has 0 saturated heterocycles. The van der Waals surface area contributed by atoms with Gasteiger partial charge in [0.2, 0.25) is 0 Å². The first-order valence-electron chi connectivity index (χ1n) is 3.10. The van der Waals surface area contributed by atoms with E-state index in [0.29, 0.717) is 5.69 Å². The van der Waals surface area contributed by atoms with Crippen molar-refractivity contribution in [2.45, 2.75) is 0 Å². The van der Waals surface area contributed by atoms with Gasteiger partial charge in [0, 0.05) is 20.3 Å². The molecule has 0 aliphatic rings. The maximum absolute atomic E-state index is 13.0. The Labute approximate surface area is 69.6 Å². The number of hydrogen-bond acceptors (Lipinski definition) is 2. The maximum atomic E-state index is 13.0. The molecule has 0 amide bonds. The molecule has 0 spiro atoms. The minimum Gasteiger partial charge on any atom is -0.375 e. The van der Waals surface area contributed by atoms with Crippen LogP contribution in [0.4, 0.5) is 10.1 Å². The van der Waals surface area contributed by atoms with Gasteiger partial charge in [-0.1, -0.05) is 11.6 Å². The molecule has 1 heterocycles. The highest BCUT2D eigenvalue weighted by molar-refractivity contribution is 6.29. The van der Waals surface area contributed by atoms with Crippen molar-refractivity contribution in [1.29, 1.82) is 0 Å². The van der Waals surface area contributed by atoms with E-state index in [1.807, 2.05) is 0 Å². The predicted octanol–water partition coefficient (Wildman–Crippen LogP) is 1.94. The smallest absolute Gasteiger partial charge is 0.183 e. The largest absolute Gasteiger partial charge is 0.375 e. The highest BCUT2D eigenvalue weighted by Crippen LogP contribution is 2.21. The Morgan fingerprint density at radius 2 is 2.18 bits per heavy atom. The fourth-order valence-electron chi connectivity index (χ4n) is 0.754. The Kier molecular flexibility index (Phi) is 2.29. The molecule has 1 aromatic heterocycles. The Hall–Kier alpha value is -0.830. The normalized spacial score (nSPS) is 9.82. The standard InChI is InChI=1S/C7H8ClFN2/c1-11(2)5-3-4-10-7(8)6(5)9/h3-4H,1-2H3. The van der Waals surface area contributed by atoms with Crippen molar-refractivity contribution in [1.82, 2.24) is 4.98 Å². The molecule has 0 aliphatic carbocycles. The molecule has 1 rings (SSSR count). The summed E-state index contributed by atoms with van der Waals surface area (Å²) in [7, 11) is 3.49. The summed E-state index contributed by atoms with van der Waals surface area (Å²) in [6.07, 6.45) is 1.47. The third kappa shape index (κ3) is 1.60. The Bertz CT molecular complexity index is 263. The number of pyridine rings is 1. The fraction of sp³-hybridized carbons (Fsp3) is 0.286. The van der Waals surface area contributed by atoms with Crippen LogP contribution < -0.4 is 4.90 Å². The zero-order valence-corrected chi connectivity index (χ0v) is 7.06. The van der Waals surface area contributed by atoms with E-state index in [0.717, 1.165) is 0 Å². The van der Waals surface area contributed by atoms with Crippen LogP contribution in [0.3, 0.4) is 0 Å². The quantitative estimate of drug-likeness (QED) is 0.605. The second kappa shape index (κ2) is 3.05. The molecule has 1 aromatic rings. The van der Waals surface area contributed by atoms with E-state index in [-0.39, 0.29) is 5.15 Å². The van der Waals surface area contributed by atoms with Gasteiger partial charge in [-0.15, -0.1) is 0 Å². The zero-order valence-electron chi connectivity index (χ0n) is 6.31. The Balaban J connectivity index is 3.17. The Morgan fingerprint density at radius 3 is 2.64 bits per heavy atom. The number of hydrogen-bond donors (Lipinski definition) is 0. The molecule has 4 heteroatoms. The van der Waals surface area contributed by atoms with Gasteiger partial charge < -0.3 is 4.90 Å². The summed E-state index contributed by atoms with van der Waals surface area (Å²) in [5.74, 6) is -0.473. The summed E-state index contributed by atoms with van der Waals surface area (Å²) in [5, 5.41) is -0.0869. The van der Waals surface area contributed by atoms with Crippen molar-refractivity contribution in [2.75, 3.05) is 19.0 Å². The molecular formula is C7H8ClFN2. The maximum Gasteiger partial charge on any atom is 0.183 e. The minimum atomic E-state index is -0.473. The second-order valence-corrected chi connectivity index (χ2v) is 2.69. The van der Waals surface area contributed by atoms with Crippen LogP contribution in [0.5, 0.6) is 0 Å². The van der Waals surface area contributed by atoms with Crippen molar-refractivity contribution in [2.24, 2.45) is 0 Å². The highest BCUT2D eigenvalue weighted by Gasteiger charge is 2.07. The van der Waals surface area contributed by atoms with Crippen molar-refractivity contribution < 1.29 is 4.39 Å². The predicted molar refractivity (Wildman–Crippen MR) is 43.5 cm³/mol. The van der Waals surface area contributed by atoms with Gasteiger partial charge in [-0.05, 0) is 6.07 Å². The van der Waals surface area contributed by atoms with Crippen LogP contribution in [0, 0.1) is 5.82 Å². The van der Waals surface area contributed by atoms with Crippen molar-refractivity contribution in [3.63, 3.8) is 0 Å². The van der Waals surface area contributed by atoms with Gasteiger partial charge in [-0.2, -0.15) is 0 Å². The molecule has 0 aliphatic heterocycles. The number of halogens is 2. The van der Waals surface area contributed by atoms with Gasteiger partial charge in [0.15, 0.2) is 11.0 Å². The van der Waals surface area contributed by atoms with Crippen molar-refractivity contribution >= 4 is 17.3 Å². The lowest BCUT2D eigenvalue weighted by Crippen LogP contribution is -2.10. The van der Waals surface area contributed by atoms with Crippen LogP contribution in [-0.2, 0) is 0 Å². The minimum absolute atomic E-state index is 0.0869. The van der Waals surface area contributed by atoms with Gasteiger partial charge in [0.1, 0.15) is 0 Å². The summed E-state index contributed by atoms with van der Waals surface area (Å²) in [4.78, 5) is 5.23. The molecule has 60 valence electrons. The molecule has 2 nitrogen and oxygen atoms in total. The average molecular weight is 175 g/mol. The van der Waals surface area contributed by atoms with Gasteiger partial charge in [0.05, 0.1) is 5.69 Å². The first-order chi connectivity index (χ1) is 5.13. The molecule has 11 heavy (non-hydrogen) atoms. The molecule has 0 aromatic carbocycles. The van der Waals surface area contributed by atoms with Crippen LogP contribution in [0.15, 0.2) is 12.3 Å². The van der Waals surface area contributed by atoms with Crippen LogP contribution >= 0.6 is 11.6 Å². The summed E-state index contributed by atoms with van der Waals surface area (Å²) in [5.41, 5.74) is 0.449. The first-order valence-corrected chi connectivity index (χ1v) is 3.48. The number of nitrogens with zero attached hydrogens (tertiary/aromatic N) is 2. The molecule has 0 radical (unpaired) electrons. The second-order valence-electron chi connectivity index (χ2n) is 2.33. The average Bonchev–Trinajstić information content (AvgIpc) is 1.94. The summed E-state index contributed by atoms with van der Waals surface area (Å²) >= 11 is 5.45. The molecular weight excluding hydrogens is 167 g/mol. The van der Waals surface area contributed by atoms with E-state index in [9.17, 15) is 4.39 Å². The summed E-state index contributed by atoms with van der Waals surface area (Å²) in [6, 6.07) is 1.57. The van der Waals surface area contributed by atoms with E-state index >= 15 is 0 Å². The molecule has 0 N–H and O–H groups in total. The van der Waals surface area contributed by atoms with E-state index in [1.165, 1.54) is 6.20 Å². The number of rotatable bonds is 1. The van der Waals surface area contributed by atoms with E-state index < -0.39 is 5.82 Å². The highest BCUT2D eigenvalue weighted by atomic mass is 35.5.